The van der Waals surface area contributed by atoms with Crippen LogP contribution in [0.3, 0.4) is 0 Å². The Bertz CT molecular complexity index is 1070. The van der Waals surface area contributed by atoms with E-state index in [-0.39, 0.29) is 28.3 Å². The molecule has 1 aliphatic heterocycles. The summed E-state index contributed by atoms with van der Waals surface area (Å²) in [6, 6.07) is 4.14. The zero-order valence-electron chi connectivity index (χ0n) is 18.8. The zero-order valence-corrected chi connectivity index (χ0v) is 19.5. The van der Waals surface area contributed by atoms with Crippen molar-refractivity contribution in [1.29, 1.82) is 0 Å². The molecule has 0 atom stereocenters. The van der Waals surface area contributed by atoms with E-state index in [4.69, 9.17) is 16.3 Å². The molecule has 6 nitrogen and oxygen atoms in total. The molecule has 2 aromatic rings. The first-order chi connectivity index (χ1) is 16.6. The molecule has 190 valence electrons. The number of likely N-dealkylation sites (tertiary alicyclic amines) is 1. The number of benzene rings is 1. The Morgan fingerprint density at radius 2 is 1.86 bits per heavy atom. The highest BCUT2D eigenvalue weighted by atomic mass is 35.5. The molecule has 1 aromatic heterocycles. The van der Waals surface area contributed by atoms with Crippen LogP contribution in [-0.2, 0) is 6.54 Å². The van der Waals surface area contributed by atoms with Gasteiger partial charge in [-0.3, -0.25) is 4.90 Å². The van der Waals surface area contributed by atoms with Crippen molar-refractivity contribution < 1.29 is 36.9 Å². The summed E-state index contributed by atoms with van der Waals surface area (Å²) in [6.45, 7) is 1.07. The fraction of sp³-hybridized carbons (Fsp3) is 0.500. The molecular formula is C24H25ClF4N2O4. The number of halogens is 5. The van der Waals surface area contributed by atoms with Gasteiger partial charge in [-0.2, -0.15) is 13.2 Å². The molecule has 1 N–H and O–H groups in total. The van der Waals surface area contributed by atoms with Crippen LogP contribution in [0.15, 0.2) is 24.4 Å². The van der Waals surface area contributed by atoms with Crippen molar-refractivity contribution in [3.8, 4) is 11.6 Å². The predicted octanol–water partition coefficient (Wildman–Crippen LogP) is 5.68. The number of piperidine rings is 1. The highest BCUT2D eigenvalue weighted by Crippen LogP contribution is 2.45. The molecule has 0 unspecified atom stereocenters. The third kappa shape index (κ3) is 6.98. The Hall–Kier alpha value is -2.59. The number of alkyl halides is 3. The average Bonchev–Trinajstić information content (AvgIpc) is 3.62. The van der Waals surface area contributed by atoms with Gasteiger partial charge in [-0.25, -0.2) is 14.2 Å². The maximum absolute atomic E-state index is 14.2. The Balaban J connectivity index is 1.27. The van der Waals surface area contributed by atoms with Gasteiger partial charge in [0.15, 0.2) is 6.61 Å². The lowest BCUT2D eigenvalue weighted by Crippen LogP contribution is -2.35. The molecule has 2 fully saturated rings. The second kappa shape index (κ2) is 10.6. The van der Waals surface area contributed by atoms with E-state index in [0.29, 0.717) is 18.9 Å². The Kier molecular flexibility index (Phi) is 7.70. The zero-order chi connectivity index (χ0) is 25.2. The van der Waals surface area contributed by atoms with Gasteiger partial charge in [0.2, 0.25) is 5.88 Å². The summed E-state index contributed by atoms with van der Waals surface area (Å²) in [6.07, 6.45) is 0.571. The maximum Gasteiger partial charge on any atom is 0.422 e. The van der Waals surface area contributed by atoms with Crippen molar-refractivity contribution in [3.05, 3.63) is 51.9 Å². The number of carboxylic acids is 1. The summed E-state index contributed by atoms with van der Waals surface area (Å²) in [4.78, 5) is 17.4. The number of carbonyl (C=O) groups is 1. The van der Waals surface area contributed by atoms with Crippen molar-refractivity contribution >= 4 is 17.6 Å². The van der Waals surface area contributed by atoms with Gasteiger partial charge in [0, 0.05) is 18.8 Å². The Morgan fingerprint density at radius 1 is 1.14 bits per heavy atom. The quantitative estimate of drug-likeness (QED) is 0.432. The summed E-state index contributed by atoms with van der Waals surface area (Å²) in [5.74, 6) is -1.43. The van der Waals surface area contributed by atoms with E-state index in [2.05, 4.69) is 14.6 Å². The number of hydrogen-bond donors (Lipinski definition) is 1. The van der Waals surface area contributed by atoms with Crippen molar-refractivity contribution in [3.63, 3.8) is 0 Å². The van der Waals surface area contributed by atoms with E-state index in [0.717, 1.165) is 49.9 Å². The number of aromatic nitrogens is 1. The van der Waals surface area contributed by atoms with Crippen LogP contribution in [-0.4, -0.2) is 53.4 Å². The molecule has 0 bridgehead atoms. The van der Waals surface area contributed by atoms with Gasteiger partial charge in [0.05, 0.1) is 12.2 Å². The predicted molar refractivity (Wildman–Crippen MR) is 120 cm³/mol. The van der Waals surface area contributed by atoms with Crippen LogP contribution in [0.5, 0.6) is 11.6 Å². The summed E-state index contributed by atoms with van der Waals surface area (Å²) in [5, 5.41) is 9.22. The molecule has 0 radical (unpaired) electrons. The smallest absolute Gasteiger partial charge is 0.422 e. The van der Waals surface area contributed by atoms with Gasteiger partial charge < -0.3 is 14.6 Å². The van der Waals surface area contributed by atoms with Crippen LogP contribution >= 0.6 is 11.6 Å². The second-order valence-electron chi connectivity index (χ2n) is 9.01. The summed E-state index contributed by atoms with van der Waals surface area (Å²) >= 11 is 6.03. The third-order valence-corrected chi connectivity index (χ3v) is 6.44. The molecule has 1 saturated carbocycles. The number of ether oxygens (including phenoxy) is 2. The monoisotopic (exact) mass is 516 g/mol. The molecular weight excluding hydrogens is 492 g/mol. The van der Waals surface area contributed by atoms with Gasteiger partial charge in [-0.15, -0.1) is 0 Å². The highest BCUT2D eigenvalue weighted by molar-refractivity contribution is 6.31. The summed E-state index contributed by atoms with van der Waals surface area (Å²) in [5.41, 5.74) is 1.20. The Morgan fingerprint density at radius 3 is 2.46 bits per heavy atom. The fourth-order valence-corrected chi connectivity index (χ4v) is 4.40. The lowest BCUT2D eigenvalue weighted by molar-refractivity contribution is -0.154. The number of nitrogens with zero attached hydrogens (tertiary/aromatic N) is 2. The van der Waals surface area contributed by atoms with Crippen molar-refractivity contribution in [2.24, 2.45) is 5.92 Å². The minimum absolute atomic E-state index is 0.0302. The third-order valence-electron chi connectivity index (χ3n) is 6.17. The van der Waals surface area contributed by atoms with Crippen LogP contribution < -0.4 is 9.47 Å². The van der Waals surface area contributed by atoms with Crippen LogP contribution in [0.4, 0.5) is 17.6 Å². The maximum atomic E-state index is 14.2. The van der Waals surface area contributed by atoms with Crippen LogP contribution in [0.25, 0.3) is 0 Å². The number of hydrogen-bond acceptors (Lipinski definition) is 5. The van der Waals surface area contributed by atoms with Gasteiger partial charge in [-0.05, 0) is 73.9 Å². The number of aromatic carboxylic acids is 1. The van der Waals surface area contributed by atoms with Gasteiger partial charge in [0.1, 0.15) is 16.6 Å². The van der Waals surface area contributed by atoms with Gasteiger partial charge in [0.25, 0.3) is 0 Å². The lowest BCUT2D eigenvalue weighted by atomic mass is 9.97. The molecule has 1 aliphatic carbocycles. The number of rotatable bonds is 9. The van der Waals surface area contributed by atoms with Crippen molar-refractivity contribution in [2.45, 2.75) is 44.3 Å². The molecule has 0 amide bonds. The number of pyridine rings is 1. The van der Waals surface area contributed by atoms with E-state index >= 15 is 0 Å². The molecule has 4 rings (SSSR count). The van der Waals surface area contributed by atoms with Crippen LogP contribution in [0.2, 0.25) is 5.02 Å². The molecule has 35 heavy (non-hydrogen) atoms. The molecule has 1 aromatic carbocycles. The van der Waals surface area contributed by atoms with E-state index in [9.17, 15) is 27.5 Å². The summed E-state index contributed by atoms with van der Waals surface area (Å²) in [7, 11) is 0. The minimum atomic E-state index is -4.46. The van der Waals surface area contributed by atoms with E-state index in [1.807, 2.05) is 0 Å². The van der Waals surface area contributed by atoms with Gasteiger partial charge in [-0.1, -0.05) is 11.6 Å². The van der Waals surface area contributed by atoms with Gasteiger partial charge >= 0.3 is 12.1 Å². The fourth-order valence-electron chi connectivity index (χ4n) is 4.16. The average molecular weight is 517 g/mol. The highest BCUT2D eigenvalue weighted by Gasteiger charge is 2.31. The first-order valence-corrected chi connectivity index (χ1v) is 11.7. The first kappa shape index (κ1) is 25.5. The van der Waals surface area contributed by atoms with Crippen molar-refractivity contribution in [2.75, 3.05) is 26.3 Å². The SMILES string of the molecule is O=C(O)c1cc(C2CC2)c(OCC2CCN(Cc3cnc(OCC(F)(F)F)c(Cl)c3)CC2)cc1F. The molecule has 11 heteroatoms. The molecule has 2 heterocycles. The Labute approximate surface area is 204 Å². The van der Waals surface area contributed by atoms with Crippen LogP contribution in [0, 0.1) is 11.7 Å². The van der Waals surface area contributed by atoms with E-state index in [1.54, 1.807) is 6.07 Å². The molecule has 2 aliphatic rings. The number of carboxylic acid groups (broad SMARTS) is 1. The van der Waals surface area contributed by atoms with E-state index < -0.39 is 24.6 Å². The normalized spacial score (nSPS) is 17.4. The van der Waals surface area contributed by atoms with Crippen molar-refractivity contribution in [1.82, 2.24) is 9.88 Å². The van der Waals surface area contributed by atoms with E-state index in [1.165, 1.54) is 18.3 Å². The van der Waals surface area contributed by atoms with Crippen LogP contribution in [0.1, 0.15) is 53.1 Å². The molecule has 1 saturated heterocycles. The minimum Gasteiger partial charge on any atom is -0.493 e. The first-order valence-electron chi connectivity index (χ1n) is 11.3. The second-order valence-corrected chi connectivity index (χ2v) is 9.42. The standard InChI is InChI=1S/C24H25ClF4N2O4/c25-19-7-15(10-30-22(19)35-13-24(27,28)29)11-31-5-3-14(4-6-31)12-34-21-9-20(26)18(23(32)33)8-17(21)16-1-2-16/h7-10,14,16H,1-6,11-13H2,(H,32,33). The summed E-state index contributed by atoms with van der Waals surface area (Å²) < 4.78 is 61.7. The molecule has 0 spiro atoms. The largest absolute Gasteiger partial charge is 0.493 e. The topological polar surface area (TPSA) is 71.9 Å². The lowest BCUT2D eigenvalue weighted by Gasteiger charge is -2.32.